The molecule has 27 heavy (non-hydrogen) atoms. The van der Waals surface area contributed by atoms with E-state index in [9.17, 15) is 23.7 Å². The summed E-state index contributed by atoms with van der Waals surface area (Å²) >= 11 is 1.47. The summed E-state index contributed by atoms with van der Waals surface area (Å²) in [5.74, 6) is -3.15. The van der Waals surface area contributed by atoms with Gasteiger partial charge in [-0.1, -0.05) is 0 Å². The first-order valence-electron chi connectivity index (χ1n) is 7.18. The Balaban J connectivity index is 2.59. The molecule has 11 heteroatoms. The minimum Gasteiger partial charge on any atom is -0.493 e. The SMILES string of the molecule is COc1cc(C(=O)Nc2cc(F)c(I)c(F)c2)c([N+](=O)[O-])c(OC)c1OC. The first kappa shape index (κ1) is 20.6. The fourth-order valence-electron chi connectivity index (χ4n) is 2.32. The van der Waals surface area contributed by atoms with Crippen molar-refractivity contribution in [2.75, 3.05) is 26.6 Å². The Morgan fingerprint density at radius 3 is 2.07 bits per heavy atom. The Bertz CT molecular complexity index is 899. The van der Waals surface area contributed by atoms with Gasteiger partial charge in [-0.2, -0.15) is 0 Å². The summed E-state index contributed by atoms with van der Waals surface area (Å²) in [6.45, 7) is 0. The standard InChI is InChI=1S/C16H13F2IN2O6/c1-25-11-6-8(13(21(23)24)15(27-3)14(11)26-2)16(22)20-7-4-9(17)12(19)10(18)5-7/h4-6H,1-3H3,(H,20,22). The van der Waals surface area contributed by atoms with E-state index in [1.165, 1.54) is 36.8 Å². The van der Waals surface area contributed by atoms with Crippen molar-refractivity contribution in [1.29, 1.82) is 0 Å². The molecule has 2 aromatic carbocycles. The summed E-state index contributed by atoms with van der Waals surface area (Å²) in [6.07, 6.45) is 0. The molecule has 1 amide bonds. The van der Waals surface area contributed by atoms with Gasteiger partial charge in [0.05, 0.1) is 29.8 Å². The molecule has 8 nitrogen and oxygen atoms in total. The number of benzene rings is 2. The molecule has 144 valence electrons. The number of rotatable bonds is 6. The molecular formula is C16H13F2IN2O6. The molecule has 0 aliphatic heterocycles. The second-order valence-electron chi connectivity index (χ2n) is 5.01. The first-order chi connectivity index (χ1) is 12.7. The number of nitrogens with one attached hydrogen (secondary N) is 1. The Morgan fingerprint density at radius 1 is 1.07 bits per heavy atom. The van der Waals surface area contributed by atoms with Crippen LogP contribution in [0.15, 0.2) is 18.2 Å². The summed E-state index contributed by atoms with van der Waals surface area (Å²) in [6, 6.07) is 2.87. The average Bonchev–Trinajstić information content (AvgIpc) is 2.63. The highest BCUT2D eigenvalue weighted by Crippen LogP contribution is 2.46. The maximum Gasteiger partial charge on any atom is 0.327 e. The summed E-state index contributed by atoms with van der Waals surface area (Å²) in [4.78, 5) is 23.2. The van der Waals surface area contributed by atoms with E-state index in [4.69, 9.17) is 14.2 Å². The minimum atomic E-state index is -0.985. The second kappa shape index (κ2) is 8.33. The third-order valence-corrected chi connectivity index (χ3v) is 4.50. The van der Waals surface area contributed by atoms with Crippen LogP contribution in [0.4, 0.5) is 20.2 Å². The van der Waals surface area contributed by atoms with Crippen LogP contribution in [0.5, 0.6) is 17.2 Å². The molecule has 0 aliphatic rings. The molecule has 0 fully saturated rings. The van der Waals surface area contributed by atoms with Crippen LogP contribution in [0.25, 0.3) is 0 Å². The van der Waals surface area contributed by atoms with Crippen LogP contribution in [-0.2, 0) is 0 Å². The van der Waals surface area contributed by atoms with Crippen LogP contribution in [-0.4, -0.2) is 32.2 Å². The van der Waals surface area contributed by atoms with Gasteiger partial charge in [-0.05, 0) is 34.7 Å². The summed E-state index contributed by atoms with van der Waals surface area (Å²) in [5.41, 5.74) is -1.33. The van der Waals surface area contributed by atoms with Gasteiger partial charge in [0.2, 0.25) is 11.5 Å². The van der Waals surface area contributed by atoms with Crippen molar-refractivity contribution in [2.24, 2.45) is 0 Å². The number of nitrogens with zero attached hydrogens (tertiary/aromatic N) is 1. The van der Waals surface area contributed by atoms with E-state index in [2.05, 4.69) is 5.32 Å². The zero-order valence-electron chi connectivity index (χ0n) is 14.3. The van der Waals surface area contributed by atoms with Gasteiger partial charge in [0.15, 0.2) is 5.75 Å². The lowest BCUT2D eigenvalue weighted by atomic mass is 10.1. The fourth-order valence-corrected chi connectivity index (χ4v) is 2.63. The van der Waals surface area contributed by atoms with Gasteiger partial charge in [0.25, 0.3) is 5.91 Å². The smallest absolute Gasteiger partial charge is 0.327 e. The van der Waals surface area contributed by atoms with Crippen molar-refractivity contribution in [2.45, 2.75) is 0 Å². The molecule has 0 unspecified atom stereocenters. The largest absolute Gasteiger partial charge is 0.493 e. The number of methoxy groups -OCH3 is 3. The van der Waals surface area contributed by atoms with Gasteiger partial charge in [-0.15, -0.1) is 0 Å². The molecule has 0 atom stereocenters. The van der Waals surface area contributed by atoms with E-state index in [-0.39, 0.29) is 26.5 Å². The molecule has 0 heterocycles. The molecule has 2 aromatic rings. The monoisotopic (exact) mass is 494 g/mol. The lowest BCUT2D eigenvalue weighted by molar-refractivity contribution is -0.386. The van der Waals surface area contributed by atoms with Crippen LogP contribution in [0, 0.1) is 25.3 Å². The van der Waals surface area contributed by atoms with Crippen LogP contribution in [0.3, 0.4) is 0 Å². The fraction of sp³-hybridized carbons (Fsp3) is 0.188. The third-order valence-electron chi connectivity index (χ3n) is 3.47. The van der Waals surface area contributed by atoms with E-state index in [0.717, 1.165) is 25.3 Å². The number of hydrogen-bond donors (Lipinski definition) is 1. The summed E-state index contributed by atoms with van der Waals surface area (Å²) < 4.78 is 42.3. The second-order valence-corrected chi connectivity index (χ2v) is 6.09. The number of nitro benzene ring substituents is 1. The van der Waals surface area contributed by atoms with Crippen LogP contribution in [0.1, 0.15) is 10.4 Å². The molecule has 0 radical (unpaired) electrons. The molecule has 0 spiro atoms. The number of halogens is 3. The zero-order chi connectivity index (χ0) is 20.3. The van der Waals surface area contributed by atoms with Crippen molar-refractivity contribution in [3.63, 3.8) is 0 Å². The van der Waals surface area contributed by atoms with Crippen molar-refractivity contribution in [3.8, 4) is 17.2 Å². The number of hydrogen-bond acceptors (Lipinski definition) is 6. The average molecular weight is 494 g/mol. The number of ether oxygens (including phenoxy) is 3. The normalized spacial score (nSPS) is 10.3. The maximum absolute atomic E-state index is 13.7. The lowest BCUT2D eigenvalue weighted by Gasteiger charge is -2.15. The highest BCUT2D eigenvalue weighted by atomic mass is 127. The van der Waals surface area contributed by atoms with Crippen molar-refractivity contribution >= 4 is 39.9 Å². The quantitative estimate of drug-likeness (QED) is 0.284. The highest BCUT2D eigenvalue weighted by Gasteiger charge is 2.32. The number of carbonyl (C=O) groups is 1. The molecule has 0 aromatic heterocycles. The number of nitro groups is 1. The van der Waals surface area contributed by atoms with Crippen LogP contribution in [0.2, 0.25) is 0 Å². The Labute approximate surface area is 165 Å². The Morgan fingerprint density at radius 2 is 1.63 bits per heavy atom. The molecule has 0 bridgehead atoms. The van der Waals surface area contributed by atoms with Gasteiger partial charge in [0.1, 0.15) is 17.2 Å². The van der Waals surface area contributed by atoms with E-state index in [0.29, 0.717) is 0 Å². The molecule has 2 rings (SSSR count). The van der Waals surface area contributed by atoms with Gasteiger partial charge in [0, 0.05) is 11.8 Å². The number of anilines is 1. The third kappa shape index (κ3) is 4.02. The molecule has 1 N–H and O–H groups in total. The summed E-state index contributed by atoms with van der Waals surface area (Å²) in [7, 11) is 3.69. The highest BCUT2D eigenvalue weighted by molar-refractivity contribution is 14.1. The number of carbonyl (C=O) groups excluding carboxylic acids is 1. The predicted octanol–water partition coefficient (Wildman–Crippen LogP) is 3.76. The van der Waals surface area contributed by atoms with E-state index in [1.54, 1.807) is 0 Å². The van der Waals surface area contributed by atoms with Crippen molar-refractivity contribution in [3.05, 3.63) is 49.1 Å². The van der Waals surface area contributed by atoms with Crippen LogP contribution < -0.4 is 19.5 Å². The topological polar surface area (TPSA) is 99.9 Å². The zero-order valence-corrected chi connectivity index (χ0v) is 16.4. The van der Waals surface area contributed by atoms with Gasteiger partial charge in [-0.3, -0.25) is 14.9 Å². The molecule has 0 saturated heterocycles. The number of amides is 1. The van der Waals surface area contributed by atoms with Gasteiger partial charge < -0.3 is 19.5 Å². The summed E-state index contributed by atoms with van der Waals surface area (Å²) in [5, 5.41) is 13.7. The van der Waals surface area contributed by atoms with E-state index in [1.807, 2.05) is 0 Å². The van der Waals surface area contributed by atoms with Crippen molar-refractivity contribution in [1.82, 2.24) is 0 Å². The van der Waals surface area contributed by atoms with Gasteiger partial charge >= 0.3 is 5.69 Å². The van der Waals surface area contributed by atoms with Crippen molar-refractivity contribution < 1.29 is 32.7 Å². The first-order valence-corrected chi connectivity index (χ1v) is 8.26. The van der Waals surface area contributed by atoms with Gasteiger partial charge in [-0.25, -0.2) is 8.78 Å². The molecule has 0 saturated carbocycles. The minimum absolute atomic E-state index is 0.00470. The van der Waals surface area contributed by atoms with Crippen LogP contribution >= 0.6 is 22.6 Å². The van der Waals surface area contributed by atoms with E-state index >= 15 is 0 Å². The predicted molar refractivity (Wildman–Crippen MR) is 99.8 cm³/mol. The van der Waals surface area contributed by atoms with E-state index < -0.39 is 33.7 Å². The maximum atomic E-state index is 13.7. The molecular weight excluding hydrogens is 481 g/mol. The Kier molecular flexibility index (Phi) is 6.36. The molecule has 0 aliphatic carbocycles. The Hall–Kier alpha value is -2.70. The lowest BCUT2D eigenvalue weighted by Crippen LogP contribution is -2.16.